The van der Waals surface area contributed by atoms with Gasteiger partial charge in [-0.2, -0.15) is 0 Å². The molecule has 26 heavy (non-hydrogen) atoms. The van der Waals surface area contributed by atoms with Crippen LogP contribution >= 0.6 is 0 Å². The minimum atomic E-state index is -0.644. The van der Waals surface area contributed by atoms with Crippen LogP contribution in [-0.4, -0.2) is 19.0 Å². The van der Waals surface area contributed by atoms with Crippen molar-refractivity contribution in [2.45, 2.75) is 57.8 Å². The van der Waals surface area contributed by atoms with E-state index >= 15 is 0 Å². The highest BCUT2D eigenvalue weighted by Crippen LogP contribution is 2.50. The average Bonchev–Trinajstić information content (AvgIpc) is 2.97. The number of Topliss-reactive ketones (excluding diaryl/α,β-unsaturated/α-hetero) is 1. The van der Waals surface area contributed by atoms with E-state index in [1.54, 1.807) is 0 Å². The van der Waals surface area contributed by atoms with Crippen LogP contribution in [0.2, 0.25) is 0 Å². The quantitative estimate of drug-likeness (QED) is 0.497. The number of hydrogen-bond donors (Lipinski definition) is 0. The van der Waals surface area contributed by atoms with E-state index in [0.29, 0.717) is 25.4 Å². The Morgan fingerprint density at radius 2 is 1.46 bits per heavy atom. The van der Waals surface area contributed by atoms with Gasteiger partial charge in [-0.25, -0.2) is 0 Å². The SMILES string of the molecule is CCCCCCC(=O)C1(COCCC)c2ccccc2-c2ccccc21. The second-order valence-corrected chi connectivity index (χ2v) is 7.28. The summed E-state index contributed by atoms with van der Waals surface area (Å²) in [5.74, 6) is 0.308. The fourth-order valence-electron chi connectivity index (χ4n) is 4.16. The van der Waals surface area contributed by atoms with Gasteiger partial charge >= 0.3 is 0 Å². The third-order valence-electron chi connectivity index (χ3n) is 5.46. The summed E-state index contributed by atoms with van der Waals surface area (Å²) in [6.07, 6.45) is 6.05. The molecule has 0 saturated heterocycles. The fourth-order valence-corrected chi connectivity index (χ4v) is 4.16. The first kappa shape index (κ1) is 18.8. The number of benzene rings is 2. The molecule has 1 aliphatic rings. The summed E-state index contributed by atoms with van der Waals surface area (Å²) in [6.45, 7) is 5.44. The van der Waals surface area contributed by atoms with Crippen LogP contribution in [-0.2, 0) is 14.9 Å². The predicted octanol–water partition coefficient (Wildman–Crippen LogP) is 5.92. The van der Waals surface area contributed by atoms with Crippen molar-refractivity contribution in [3.63, 3.8) is 0 Å². The van der Waals surface area contributed by atoms with Gasteiger partial charge in [-0.1, -0.05) is 81.6 Å². The van der Waals surface area contributed by atoms with Gasteiger partial charge in [0.15, 0.2) is 0 Å². The minimum Gasteiger partial charge on any atom is -0.380 e. The van der Waals surface area contributed by atoms with Crippen molar-refractivity contribution in [3.05, 3.63) is 59.7 Å². The van der Waals surface area contributed by atoms with Crippen LogP contribution in [0, 0.1) is 0 Å². The number of ether oxygens (including phenoxy) is 1. The van der Waals surface area contributed by atoms with Gasteiger partial charge in [-0.3, -0.25) is 4.79 Å². The van der Waals surface area contributed by atoms with E-state index in [1.165, 1.54) is 24.0 Å². The molecule has 0 aromatic heterocycles. The van der Waals surface area contributed by atoms with Crippen molar-refractivity contribution in [1.29, 1.82) is 0 Å². The first-order chi connectivity index (χ1) is 12.8. The van der Waals surface area contributed by atoms with E-state index in [1.807, 2.05) is 12.1 Å². The summed E-state index contributed by atoms with van der Waals surface area (Å²) < 4.78 is 6.01. The Morgan fingerprint density at radius 3 is 2.04 bits per heavy atom. The molecule has 2 aromatic rings. The summed E-state index contributed by atoms with van der Waals surface area (Å²) in [4.78, 5) is 13.6. The average molecular weight is 351 g/mol. The van der Waals surface area contributed by atoms with Crippen LogP contribution in [0.5, 0.6) is 0 Å². The number of ketones is 1. The molecule has 0 amide bonds. The van der Waals surface area contributed by atoms with Gasteiger partial charge in [0, 0.05) is 13.0 Å². The van der Waals surface area contributed by atoms with E-state index in [4.69, 9.17) is 4.74 Å². The fraction of sp³-hybridized carbons (Fsp3) is 0.458. The molecule has 0 N–H and O–H groups in total. The third-order valence-corrected chi connectivity index (χ3v) is 5.46. The van der Waals surface area contributed by atoms with Gasteiger partial charge in [-0.05, 0) is 35.1 Å². The summed E-state index contributed by atoms with van der Waals surface area (Å²) in [5.41, 5.74) is 3.97. The maximum Gasteiger partial charge on any atom is 0.150 e. The van der Waals surface area contributed by atoms with E-state index in [-0.39, 0.29) is 0 Å². The van der Waals surface area contributed by atoms with Crippen molar-refractivity contribution >= 4 is 5.78 Å². The van der Waals surface area contributed by atoms with E-state index in [2.05, 4.69) is 50.2 Å². The molecule has 1 aliphatic carbocycles. The maximum atomic E-state index is 13.6. The van der Waals surface area contributed by atoms with Gasteiger partial charge < -0.3 is 4.74 Å². The highest BCUT2D eigenvalue weighted by atomic mass is 16.5. The van der Waals surface area contributed by atoms with Crippen LogP contribution in [0.15, 0.2) is 48.5 Å². The second-order valence-electron chi connectivity index (χ2n) is 7.28. The minimum absolute atomic E-state index is 0.308. The predicted molar refractivity (Wildman–Crippen MR) is 108 cm³/mol. The number of hydrogen-bond acceptors (Lipinski definition) is 2. The number of rotatable bonds is 10. The van der Waals surface area contributed by atoms with Crippen LogP contribution in [0.3, 0.4) is 0 Å². The second kappa shape index (κ2) is 8.64. The molecular weight excluding hydrogens is 320 g/mol. The molecule has 0 unspecified atom stereocenters. The Hall–Kier alpha value is -1.93. The molecule has 3 rings (SSSR count). The Labute approximate surface area is 157 Å². The lowest BCUT2D eigenvalue weighted by atomic mass is 9.73. The molecule has 0 saturated carbocycles. The molecule has 0 atom stereocenters. The molecule has 2 heteroatoms. The van der Waals surface area contributed by atoms with E-state index in [9.17, 15) is 4.79 Å². The Kier molecular flexibility index (Phi) is 6.26. The van der Waals surface area contributed by atoms with Gasteiger partial charge in [-0.15, -0.1) is 0 Å². The lowest BCUT2D eigenvalue weighted by Gasteiger charge is -2.30. The zero-order chi connectivity index (χ0) is 18.4. The monoisotopic (exact) mass is 350 g/mol. The normalized spacial score (nSPS) is 14.1. The Balaban J connectivity index is 2.01. The highest BCUT2D eigenvalue weighted by Gasteiger charge is 2.48. The molecule has 0 bridgehead atoms. The number of carbonyl (C=O) groups excluding carboxylic acids is 1. The van der Waals surface area contributed by atoms with E-state index < -0.39 is 5.41 Å². The van der Waals surface area contributed by atoms with Crippen molar-refractivity contribution in [2.75, 3.05) is 13.2 Å². The summed E-state index contributed by atoms with van der Waals surface area (Å²) >= 11 is 0. The molecule has 2 aromatic carbocycles. The van der Waals surface area contributed by atoms with Gasteiger partial charge in [0.05, 0.1) is 6.61 Å². The molecule has 0 aliphatic heterocycles. The molecular formula is C24H30O2. The number of unbranched alkanes of at least 4 members (excludes halogenated alkanes) is 3. The lowest BCUT2D eigenvalue weighted by molar-refractivity contribution is -0.125. The summed E-state index contributed by atoms with van der Waals surface area (Å²) in [7, 11) is 0. The topological polar surface area (TPSA) is 26.3 Å². The first-order valence-electron chi connectivity index (χ1n) is 10.1. The Morgan fingerprint density at radius 1 is 0.846 bits per heavy atom. The van der Waals surface area contributed by atoms with Gasteiger partial charge in [0.25, 0.3) is 0 Å². The van der Waals surface area contributed by atoms with Crippen LogP contribution in [0.4, 0.5) is 0 Å². The van der Waals surface area contributed by atoms with Crippen LogP contribution < -0.4 is 0 Å². The Bertz CT molecular complexity index is 702. The number of fused-ring (bicyclic) bond motifs is 3. The smallest absolute Gasteiger partial charge is 0.150 e. The molecule has 0 heterocycles. The third kappa shape index (κ3) is 3.35. The van der Waals surface area contributed by atoms with Crippen LogP contribution in [0.1, 0.15) is 63.5 Å². The maximum absolute atomic E-state index is 13.6. The zero-order valence-electron chi connectivity index (χ0n) is 16.1. The van der Waals surface area contributed by atoms with E-state index in [0.717, 1.165) is 30.4 Å². The zero-order valence-corrected chi connectivity index (χ0v) is 16.1. The summed E-state index contributed by atoms with van der Waals surface area (Å²) in [5, 5.41) is 0. The van der Waals surface area contributed by atoms with Crippen LogP contribution in [0.25, 0.3) is 11.1 Å². The van der Waals surface area contributed by atoms with Crippen molar-refractivity contribution in [1.82, 2.24) is 0 Å². The van der Waals surface area contributed by atoms with Crippen molar-refractivity contribution in [2.24, 2.45) is 0 Å². The van der Waals surface area contributed by atoms with Crippen molar-refractivity contribution < 1.29 is 9.53 Å². The standard InChI is InChI=1S/C24H30O2/c1-3-5-6-7-16-23(25)24(18-26-17-4-2)21-14-10-8-12-19(21)20-13-9-11-15-22(20)24/h8-15H,3-7,16-18H2,1-2H3. The van der Waals surface area contributed by atoms with Crippen molar-refractivity contribution in [3.8, 4) is 11.1 Å². The highest BCUT2D eigenvalue weighted by molar-refractivity contribution is 6.01. The number of carbonyl (C=O) groups is 1. The molecule has 2 nitrogen and oxygen atoms in total. The molecule has 0 radical (unpaired) electrons. The largest absolute Gasteiger partial charge is 0.380 e. The van der Waals surface area contributed by atoms with Gasteiger partial charge in [0.1, 0.15) is 11.2 Å². The van der Waals surface area contributed by atoms with Gasteiger partial charge in [0.2, 0.25) is 0 Å². The molecule has 138 valence electrons. The first-order valence-corrected chi connectivity index (χ1v) is 10.1. The molecule has 0 fully saturated rings. The molecule has 0 spiro atoms. The summed E-state index contributed by atoms with van der Waals surface area (Å²) in [6, 6.07) is 16.7. The lowest BCUT2D eigenvalue weighted by Crippen LogP contribution is -2.40.